The Morgan fingerprint density at radius 3 is 2.76 bits per heavy atom. The first-order valence-electron chi connectivity index (χ1n) is 6.82. The zero-order valence-corrected chi connectivity index (χ0v) is 11.9. The lowest BCUT2D eigenvalue weighted by molar-refractivity contribution is -0.384. The summed E-state index contributed by atoms with van der Waals surface area (Å²) in [6, 6.07) is 1.63. The van der Waals surface area contributed by atoms with Gasteiger partial charge in [-0.05, 0) is 13.0 Å². The Bertz CT molecular complexity index is 515. The minimum absolute atomic E-state index is 0.00778. The number of anilines is 1. The van der Waals surface area contributed by atoms with Crippen LogP contribution in [-0.2, 0) is 9.53 Å². The van der Waals surface area contributed by atoms with Gasteiger partial charge in [-0.15, -0.1) is 0 Å². The number of carbonyl (C=O) groups excluding carboxylic acids is 1. The Balaban J connectivity index is 1.98. The summed E-state index contributed by atoms with van der Waals surface area (Å²) in [4.78, 5) is 29.8. The van der Waals surface area contributed by atoms with Crippen LogP contribution in [0.2, 0.25) is 0 Å². The molecule has 1 aliphatic heterocycles. The van der Waals surface area contributed by atoms with Gasteiger partial charge < -0.3 is 14.5 Å². The van der Waals surface area contributed by atoms with E-state index in [2.05, 4.69) is 4.98 Å². The normalized spacial score (nSPS) is 15.1. The molecule has 2 heterocycles. The number of hydrogen-bond donors (Lipinski definition) is 0. The number of nitro groups is 1. The van der Waals surface area contributed by atoms with Gasteiger partial charge in [0.2, 0.25) is 5.91 Å². The summed E-state index contributed by atoms with van der Waals surface area (Å²) in [5, 5.41) is 11.0. The molecule has 1 aromatic heterocycles. The maximum absolute atomic E-state index is 11.8. The highest BCUT2D eigenvalue weighted by atomic mass is 16.6. The fourth-order valence-electron chi connectivity index (χ4n) is 2.26. The average molecular weight is 294 g/mol. The predicted molar refractivity (Wildman–Crippen MR) is 76.2 cm³/mol. The van der Waals surface area contributed by atoms with Gasteiger partial charge in [0.05, 0.1) is 4.92 Å². The van der Waals surface area contributed by atoms with Crippen LogP contribution >= 0.6 is 0 Å². The second-order valence-corrected chi connectivity index (χ2v) is 4.63. The van der Waals surface area contributed by atoms with E-state index in [1.165, 1.54) is 12.4 Å². The number of pyridine rings is 1. The Morgan fingerprint density at radius 1 is 1.43 bits per heavy atom. The van der Waals surface area contributed by atoms with Gasteiger partial charge in [-0.1, -0.05) is 0 Å². The molecule has 1 aromatic rings. The van der Waals surface area contributed by atoms with Crippen molar-refractivity contribution >= 4 is 17.3 Å². The molecule has 0 saturated carbocycles. The lowest BCUT2D eigenvalue weighted by Gasteiger charge is -2.35. The summed E-state index contributed by atoms with van der Waals surface area (Å²) >= 11 is 0. The molecule has 0 atom stereocenters. The van der Waals surface area contributed by atoms with E-state index in [0.29, 0.717) is 38.5 Å². The minimum Gasteiger partial charge on any atom is -0.372 e. The van der Waals surface area contributed by atoms with E-state index >= 15 is 0 Å². The fourth-order valence-corrected chi connectivity index (χ4v) is 2.26. The molecule has 0 radical (unpaired) electrons. The first kappa shape index (κ1) is 15.2. The number of rotatable bonds is 5. The first-order chi connectivity index (χ1) is 10.1. The van der Waals surface area contributed by atoms with Crippen LogP contribution in [0.3, 0.4) is 0 Å². The second-order valence-electron chi connectivity index (χ2n) is 4.63. The van der Waals surface area contributed by atoms with E-state index in [9.17, 15) is 14.9 Å². The predicted octanol–water partition coefficient (Wildman–Crippen LogP) is 0.675. The molecule has 0 spiro atoms. The van der Waals surface area contributed by atoms with Crippen LogP contribution in [0.25, 0.3) is 0 Å². The average Bonchev–Trinajstić information content (AvgIpc) is 2.52. The fraction of sp³-hybridized carbons (Fsp3) is 0.538. The van der Waals surface area contributed by atoms with Gasteiger partial charge in [0.25, 0.3) is 0 Å². The maximum atomic E-state index is 11.8. The molecular formula is C13H18N4O4. The van der Waals surface area contributed by atoms with Crippen molar-refractivity contribution in [3.63, 3.8) is 0 Å². The SMILES string of the molecule is CCOCC(=O)N1CCN(c2ccncc2[N+](=O)[O-])CC1. The van der Waals surface area contributed by atoms with E-state index in [-0.39, 0.29) is 18.2 Å². The van der Waals surface area contributed by atoms with Gasteiger partial charge in [0.15, 0.2) is 0 Å². The Morgan fingerprint density at radius 2 is 2.14 bits per heavy atom. The highest BCUT2D eigenvalue weighted by molar-refractivity contribution is 5.78. The van der Waals surface area contributed by atoms with Crippen molar-refractivity contribution < 1.29 is 14.5 Å². The van der Waals surface area contributed by atoms with Crippen LogP contribution in [0.1, 0.15) is 6.92 Å². The molecule has 0 unspecified atom stereocenters. The molecule has 1 fully saturated rings. The number of aromatic nitrogens is 1. The van der Waals surface area contributed by atoms with E-state index in [1.54, 1.807) is 11.0 Å². The van der Waals surface area contributed by atoms with Crippen molar-refractivity contribution in [1.82, 2.24) is 9.88 Å². The van der Waals surface area contributed by atoms with E-state index in [0.717, 1.165) is 0 Å². The summed E-state index contributed by atoms with van der Waals surface area (Å²) in [6.45, 7) is 4.62. The summed E-state index contributed by atoms with van der Waals surface area (Å²) < 4.78 is 5.11. The zero-order valence-electron chi connectivity index (χ0n) is 11.9. The lowest BCUT2D eigenvalue weighted by Crippen LogP contribution is -2.49. The molecule has 1 saturated heterocycles. The van der Waals surface area contributed by atoms with Gasteiger partial charge in [0, 0.05) is 39.0 Å². The van der Waals surface area contributed by atoms with Crippen molar-refractivity contribution in [2.75, 3.05) is 44.3 Å². The standard InChI is InChI=1S/C13H18N4O4/c1-2-21-10-13(18)16-7-5-15(6-8-16)11-3-4-14-9-12(11)17(19)20/h3-4,9H,2,5-8,10H2,1H3. The molecule has 114 valence electrons. The monoisotopic (exact) mass is 294 g/mol. The Labute approximate surface area is 122 Å². The van der Waals surface area contributed by atoms with Crippen molar-refractivity contribution in [2.24, 2.45) is 0 Å². The van der Waals surface area contributed by atoms with Crippen molar-refractivity contribution in [3.05, 3.63) is 28.6 Å². The number of hydrogen-bond acceptors (Lipinski definition) is 6. The molecule has 0 bridgehead atoms. The molecule has 21 heavy (non-hydrogen) atoms. The molecule has 0 N–H and O–H groups in total. The summed E-state index contributed by atoms with van der Waals surface area (Å²) in [5.74, 6) is -0.0410. The highest BCUT2D eigenvalue weighted by Crippen LogP contribution is 2.27. The van der Waals surface area contributed by atoms with Gasteiger partial charge in [-0.25, -0.2) is 0 Å². The smallest absolute Gasteiger partial charge is 0.310 e. The Hall–Kier alpha value is -2.22. The van der Waals surface area contributed by atoms with E-state index in [4.69, 9.17) is 4.74 Å². The lowest BCUT2D eigenvalue weighted by atomic mass is 10.2. The quantitative estimate of drug-likeness (QED) is 0.586. The third kappa shape index (κ3) is 3.66. The molecule has 1 amide bonds. The first-order valence-corrected chi connectivity index (χ1v) is 6.82. The molecule has 2 rings (SSSR count). The van der Waals surface area contributed by atoms with Crippen molar-refractivity contribution in [2.45, 2.75) is 6.92 Å². The molecule has 8 nitrogen and oxygen atoms in total. The van der Waals surface area contributed by atoms with Crippen LogP contribution in [0, 0.1) is 10.1 Å². The van der Waals surface area contributed by atoms with E-state index in [1.807, 2.05) is 11.8 Å². The minimum atomic E-state index is -0.436. The molecular weight excluding hydrogens is 276 g/mol. The summed E-state index contributed by atoms with van der Waals surface area (Å²) in [7, 11) is 0. The summed E-state index contributed by atoms with van der Waals surface area (Å²) in [5.41, 5.74) is 0.540. The van der Waals surface area contributed by atoms with Crippen LogP contribution in [0.5, 0.6) is 0 Å². The molecule has 0 aliphatic carbocycles. The van der Waals surface area contributed by atoms with Gasteiger partial charge in [-0.2, -0.15) is 0 Å². The van der Waals surface area contributed by atoms with Gasteiger partial charge in [-0.3, -0.25) is 19.9 Å². The second kappa shape index (κ2) is 6.98. The van der Waals surface area contributed by atoms with Gasteiger partial charge >= 0.3 is 5.69 Å². The van der Waals surface area contributed by atoms with Gasteiger partial charge in [0.1, 0.15) is 18.5 Å². The van der Waals surface area contributed by atoms with Crippen molar-refractivity contribution in [1.29, 1.82) is 0 Å². The van der Waals surface area contributed by atoms with Crippen LogP contribution in [0.4, 0.5) is 11.4 Å². The number of piperazine rings is 1. The molecule has 0 aromatic carbocycles. The topological polar surface area (TPSA) is 88.8 Å². The summed E-state index contributed by atoms with van der Waals surface area (Å²) in [6.07, 6.45) is 2.79. The third-order valence-electron chi connectivity index (χ3n) is 3.38. The molecule has 1 aliphatic rings. The molecule has 8 heteroatoms. The largest absolute Gasteiger partial charge is 0.372 e. The van der Waals surface area contributed by atoms with Crippen LogP contribution in [-0.4, -0.2) is 60.1 Å². The Kier molecular flexibility index (Phi) is 5.04. The third-order valence-corrected chi connectivity index (χ3v) is 3.38. The highest BCUT2D eigenvalue weighted by Gasteiger charge is 2.25. The van der Waals surface area contributed by atoms with Crippen molar-refractivity contribution in [3.8, 4) is 0 Å². The number of amides is 1. The number of ether oxygens (including phenoxy) is 1. The van der Waals surface area contributed by atoms with Crippen LogP contribution in [0.15, 0.2) is 18.5 Å². The maximum Gasteiger partial charge on any atom is 0.310 e. The van der Waals surface area contributed by atoms with Crippen LogP contribution < -0.4 is 4.90 Å². The number of nitrogens with zero attached hydrogens (tertiary/aromatic N) is 4. The number of carbonyl (C=O) groups is 1. The zero-order chi connectivity index (χ0) is 15.2. The van der Waals surface area contributed by atoms with E-state index < -0.39 is 4.92 Å².